The van der Waals surface area contributed by atoms with Crippen LogP contribution in [-0.2, 0) is 19.1 Å². The van der Waals surface area contributed by atoms with E-state index in [4.69, 9.17) is 21.1 Å². The highest BCUT2D eigenvalue weighted by Crippen LogP contribution is 2.58. The largest absolute Gasteiger partial charge is 0.463 e. The lowest BCUT2D eigenvalue weighted by Crippen LogP contribution is -2.65. The average Bonchev–Trinajstić information content (AvgIpc) is 3.20. The number of hydrogen-bond acceptors (Lipinski definition) is 6. The SMILES string of the molecule is CC(=O)OC[C@]12[C@H]([C@@H]3C=CCCC3)OC(c3ccc(Cl)cc3)N1C(=O)[C@H](CCO)[C@]2(C)O. The quantitative estimate of drug-likeness (QED) is 0.497. The van der Waals surface area contributed by atoms with Gasteiger partial charge in [-0.15, -0.1) is 0 Å². The van der Waals surface area contributed by atoms with Crippen molar-refractivity contribution in [2.24, 2.45) is 11.8 Å². The van der Waals surface area contributed by atoms with Gasteiger partial charge in [-0.3, -0.25) is 14.5 Å². The summed E-state index contributed by atoms with van der Waals surface area (Å²) in [6.07, 6.45) is 5.66. The number of hydrogen-bond donors (Lipinski definition) is 2. The number of rotatable bonds is 6. The standard InChI is InChI=1S/C24H30ClNO6/c1-15(28)31-14-24-20(16-6-4-3-5-7-16)32-22(17-8-10-18(25)11-9-17)26(24)21(29)19(12-13-27)23(24,2)30/h4,6,8-11,16,19-20,22,27,30H,3,5,7,12-14H2,1-2H3/t16-,19+,20+,22?,23+,24-/m1/s1. The van der Waals surface area contributed by atoms with Gasteiger partial charge < -0.3 is 19.7 Å². The Hall–Kier alpha value is -1.93. The fraction of sp³-hybridized carbons (Fsp3) is 0.583. The Morgan fingerprint density at radius 2 is 2.06 bits per heavy atom. The second-order valence-corrected chi connectivity index (χ2v) is 9.55. The van der Waals surface area contributed by atoms with Gasteiger partial charge in [-0.25, -0.2) is 0 Å². The van der Waals surface area contributed by atoms with Crippen molar-refractivity contribution in [3.05, 3.63) is 47.0 Å². The Kier molecular flexibility index (Phi) is 6.38. The molecule has 1 aliphatic carbocycles. The molecule has 1 amide bonds. The minimum absolute atomic E-state index is 0.0636. The molecule has 0 saturated carbocycles. The molecule has 0 aromatic heterocycles. The monoisotopic (exact) mass is 463 g/mol. The Bertz CT molecular complexity index is 900. The number of fused-ring (bicyclic) bond motifs is 1. The molecule has 2 saturated heterocycles. The first kappa shape index (κ1) is 23.2. The van der Waals surface area contributed by atoms with Crippen molar-refractivity contribution in [1.82, 2.24) is 4.90 Å². The zero-order valence-electron chi connectivity index (χ0n) is 18.4. The van der Waals surface area contributed by atoms with E-state index in [0.29, 0.717) is 5.02 Å². The number of esters is 1. The summed E-state index contributed by atoms with van der Waals surface area (Å²) in [5, 5.41) is 22.1. The van der Waals surface area contributed by atoms with Crippen molar-refractivity contribution in [2.75, 3.05) is 13.2 Å². The third kappa shape index (κ3) is 3.55. The summed E-state index contributed by atoms with van der Waals surface area (Å²) in [6.45, 7) is 2.47. The van der Waals surface area contributed by atoms with Crippen LogP contribution in [0.2, 0.25) is 5.02 Å². The van der Waals surface area contributed by atoms with E-state index in [-0.39, 0.29) is 31.5 Å². The number of aliphatic hydroxyl groups is 2. The molecule has 32 heavy (non-hydrogen) atoms. The van der Waals surface area contributed by atoms with E-state index in [1.165, 1.54) is 6.92 Å². The highest BCUT2D eigenvalue weighted by molar-refractivity contribution is 6.30. The summed E-state index contributed by atoms with van der Waals surface area (Å²) >= 11 is 6.07. The maximum Gasteiger partial charge on any atom is 0.302 e. The second-order valence-electron chi connectivity index (χ2n) is 9.11. The van der Waals surface area contributed by atoms with E-state index < -0.39 is 35.4 Å². The smallest absolute Gasteiger partial charge is 0.302 e. The summed E-state index contributed by atoms with van der Waals surface area (Å²) < 4.78 is 12.0. The van der Waals surface area contributed by atoms with Gasteiger partial charge in [0.25, 0.3) is 0 Å². The summed E-state index contributed by atoms with van der Waals surface area (Å²) in [7, 11) is 0. The minimum Gasteiger partial charge on any atom is -0.463 e. The predicted octanol–water partition coefficient (Wildman–Crippen LogP) is 2.99. The van der Waals surface area contributed by atoms with Gasteiger partial charge >= 0.3 is 5.97 Å². The molecule has 1 aromatic carbocycles. The molecule has 2 aliphatic heterocycles. The summed E-state index contributed by atoms with van der Waals surface area (Å²) in [6, 6.07) is 7.05. The number of nitrogens with zero attached hydrogens (tertiary/aromatic N) is 1. The van der Waals surface area contributed by atoms with Crippen molar-refractivity contribution in [2.45, 2.75) is 63.0 Å². The number of halogens is 1. The van der Waals surface area contributed by atoms with Crippen LogP contribution < -0.4 is 0 Å². The fourth-order valence-corrected chi connectivity index (χ4v) is 5.78. The van der Waals surface area contributed by atoms with Crippen molar-refractivity contribution >= 4 is 23.5 Å². The summed E-state index contributed by atoms with van der Waals surface area (Å²) in [4.78, 5) is 27.1. The Morgan fingerprint density at radius 1 is 1.34 bits per heavy atom. The third-order valence-corrected chi connectivity index (χ3v) is 7.50. The maximum atomic E-state index is 13.7. The van der Waals surface area contributed by atoms with Gasteiger partial charge in [0.05, 0.1) is 12.0 Å². The van der Waals surface area contributed by atoms with Crippen LogP contribution in [0.1, 0.15) is 51.3 Å². The van der Waals surface area contributed by atoms with E-state index in [1.807, 2.05) is 0 Å². The van der Waals surface area contributed by atoms with E-state index >= 15 is 0 Å². The molecule has 0 radical (unpaired) electrons. The topological polar surface area (TPSA) is 96.3 Å². The first-order valence-electron chi connectivity index (χ1n) is 11.1. The van der Waals surface area contributed by atoms with Gasteiger partial charge in [0, 0.05) is 30.0 Å². The average molecular weight is 464 g/mol. The minimum atomic E-state index is -1.60. The summed E-state index contributed by atoms with van der Waals surface area (Å²) in [5.74, 6) is -1.73. The molecule has 174 valence electrons. The number of carbonyl (C=O) groups is 2. The zero-order valence-corrected chi connectivity index (χ0v) is 19.1. The van der Waals surface area contributed by atoms with Crippen molar-refractivity contribution < 1.29 is 29.3 Å². The predicted molar refractivity (Wildman–Crippen MR) is 118 cm³/mol. The van der Waals surface area contributed by atoms with Crippen LogP contribution in [-0.4, -0.2) is 57.4 Å². The lowest BCUT2D eigenvalue weighted by atomic mass is 9.68. The Morgan fingerprint density at radius 3 is 2.66 bits per heavy atom. The van der Waals surface area contributed by atoms with Gasteiger partial charge in [0.15, 0.2) is 6.23 Å². The van der Waals surface area contributed by atoms with Crippen molar-refractivity contribution in [1.29, 1.82) is 0 Å². The highest BCUT2D eigenvalue weighted by Gasteiger charge is 2.75. The number of allylic oxidation sites excluding steroid dienone is 1. The molecular formula is C24H30ClNO6. The van der Waals surface area contributed by atoms with Gasteiger partial charge in [-0.2, -0.15) is 0 Å². The van der Waals surface area contributed by atoms with Crippen LogP contribution in [0.25, 0.3) is 0 Å². The zero-order chi connectivity index (χ0) is 23.1. The Labute approximate surface area is 192 Å². The number of aliphatic hydroxyl groups excluding tert-OH is 1. The molecular weight excluding hydrogens is 434 g/mol. The van der Waals surface area contributed by atoms with Gasteiger partial charge in [0.1, 0.15) is 17.7 Å². The van der Waals surface area contributed by atoms with Gasteiger partial charge in [-0.1, -0.05) is 35.9 Å². The highest BCUT2D eigenvalue weighted by atomic mass is 35.5. The first-order valence-corrected chi connectivity index (χ1v) is 11.5. The lowest BCUT2D eigenvalue weighted by Gasteiger charge is -2.46. The molecule has 3 aliphatic rings. The number of benzene rings is 1. The van der Waals surface area contributed by atoms with Crippen molar-refractivity contribution in [3.63, 3.8) is 0 Å². The molecule has 2 N–H and O–H groups in total. The number of carbonyl (C=O) groups excluding carboxylic acids is 2. The first-order chi connectivity index (χ1) is 15.2. The summed E-state index contributed by atoms with van der Waals surface area (Å²) in [5.41, 5.74) is -2.18. The van der Waals surface area contributed by atoms with Crippen LogP contribution in [0, 0.1) is 11.8 Å². The third-order valence-electron chi connectivity index (χ3n) is 7.25. The van der Waals surface area contributed by atoms with E-state index in [0.717, 1.165) is 24.8 Å². The van der Waals surface area contributed by atoms with E-state index in [1.54, 1.807) is 36.1 Å². The molecule has 8 heteroatoms. The second kappa shape index (κ2) is 8.78. The number of amides is 1. The van der Waals surface area contributed by atoms with Crippen LogP contribution in [0.15, 0.2) is 36.4 Å². The van der Waals surface area contributed by atoms with E-state index in [2.05, 4.69) is 12.2 Å². The normalized spacial score (nSPS) is 36.4. The molecule has 1 aromatic rings. The molecule has 6 atom stereocenters. The molecule has 0 bridgehead atoms. The molecule has 1 unspecified atom stereocenters. The Balaban J connectivity index is 1.88. The van der Waals surface area contributed by atoms with Crippen LogP contribution in [0.3, 0.4) is 0 Å². The maximum absolute atomic E-state index is 13.7. The van der Waals surface area contributed by atoms with Crippen LogP contribution in [0.4, 0.5) is 0 Å². The van der Waals surface area contributed by atoms with Crippen molar-refractivity contribution in [3.8, 4) is 0 Å². The van der Waals surface area contributed by atoms with Gasteiger partial charge in [-0.05, 0) is 44.7 Å². The number of ether oxygens (including phenoxy) is 2. The molecule has 4 rings (SSSR count). The van der Waals surface area contributed by atoms with Gasteiger partial charge in [0.2, 0.25) is 5.91 Å². The van der Waals surface area contributed by atoms with Crippen LogP contribution in [0.5, 0.6) is 0 Å². The molecule has 7 nitrogen and oxygen atoms in total. The fourth-order valence-electron chi connectivity index (χ4n) is 5.66. The molecule has 2 fully saturated rings. The molecule has 2 heterocycles. The molecule has 0 spiro atoms. The van der Waals surface area contributed by atoms with Crippen LogP contribution >= 0.6 is 11.6 Å². The van der Waals surface area contributed by atoms with E-state index in [9.17, 15) is 19.8 Å². The lowest BCUT2D eigenvalue weighted by molar-refractivity contribution is -0.157.